The van der Waals surface area contributed by atoms with E-state index >= 15 is 0 Å². The lowest BCUT2D eigenvalue weighted by Crippen LogP contribution is -2.52. The average Bonchev–Trinajstić information content (AvgIpc) is 3.21. The molecule has 2 rings (SSSR count). The number of nitrogens with zero attached hydrogens (tertiary/aromatic N) is 2. The summed E-state index contributed by atoms with van der Waals surface area (Å²) in [7, 11) is 0. The summed E-state index contributed by atoms with van der Waals surface area (Å²) in [5.41, 5.74) is 6.01. The van der Waals surface area contributed by atoms with Crippen LogP contribution < -0.4 is 5.73 Å². The van der Waals surface area contributed by atoms with Gasteiger partial charge in [-0.2, -0.15) is 0 Å². The molecule has 2 fully saturated rings. The number of hydrogen-bond donors (Lipinski definition) is 1. The summed E-state index contributed by atoms with van der Waals surface area (Å²) in [6.07, 6.45) is 2.47. The minimum absolute atomic E-state index is 0.0561. The van der Waals surface area contributed by atoms with Gasteiger partial charge in [-0.05, 0) is 18.3 Å². The number of hydrogen-bond acceptors (Lipinski definition) is 3. The second-order valence-corrected chi connectivity index (χ2v) is 7.16. The molecule has 1 saturated carbocycles. The van der Waals surface area contributed by atoms with Gasteiger partial charge >= 0.3 is 0 Å². The van der Waals surface area contributed by atoms with Crippen LogP contribution in [0.4, 0.5) is 0 Å². The van der Waals surface area contributed by atoms with Gasteiger partial charge in [0.2, 0.25) is 11.8 Å². The summed E-state index contributed by atoms with van der Waals surface area (Å²) in [6.45, 7) is 8.80. The fourth-order valence-electron chi connectivity index (χ4n) is 2.39. The first-order valence-corrected chi connectivity index (χ1v) is 7.61. The van der Waals surface area contributed by atoms with E-state index in [-0.39, 0.29) is 29.2 Å². The molecule has 114 valence electrons. The molecule has 1 aliphatic heterocycles. The summed E-state index contributed by atoms with van der Waals surface area (Å²) in [5, 5.41) is 0. The Bertz CT molecular complexity index is 377. The maximum absolute atomic E-state index is 12.2. The first kappa shape index (κ1) is 15.3. The van der Waals surface area contributed by atoms with Crippen LogP contribution in [-0.4, -0.2) is 53.8 Å². The molecule has 1 aliphatic carbocycles. The maximum atomic E-state index is 12.2. The molecule has 1 saturated heterocycles. The lowest BCUT2D eigenvalue weighted by atomic mass is 9.85. The molecule has 2 aliphatic rings. The van der Waals surface area contributed by atoms with Gasteiger partial charge in [0.1, 0.15) is 0 Å². The molecule has 20 heavy (non-hydrogen) atoms. The number of carbonyl (C=O) groups excluding carboxylic acids is 2. The summed E-state index contributed by atoms with van der Waals surface area (Å²) in [6, 6.07) is -0.124. The van der Waals surface area contributed by atoms with Crippen LogP contribution in [0.1, 0.15) is 40.0 Å². The van der Waals surface area contributed by atoms with Crippen LogP contribution >= 0.6 is 0 Å². The van der Waals surface area contributed by atoms with E-state index in [1.165, 1.54) is 0 Å². The van der Waals surface area contributed by atoms with Crippen molar-refractivity contribution in [3.63, 3.8) is 0 Å². The van der Waals surface area contributed by atoms with Gasteiger partial charge in [0.05, 0.1) is 0 Å². The van der Waals surface area contributed by atoms with Gasteiger partial charge in [0, 0.05) is 44.6 Å². The van der Waals surface area contributed by atoms with E-state index in [1.54, 1.807) is 0 Å². The fraction of sp³-hybridized carbons (Fsp3) is 0.867. The van der Waals surface area contributed by atoms with Gasteiger partial charge in [-0.1, -0.05) is 20.8 Å². The zero-order valence-corrected chi connectivity index (χ0v) is 12.9. The topological polar surface area (TPSA) is 66.6 Å². The van der Waals surface area contributed by atoms with E-state index in [2.05, 4.69) is 20.8 Å². The first-order chi connectivity index (χ1) is 9.29. The van der Waals surface area contributed by atoms with Crippen molar-refractivity contribution in [3.8, 4) is 0 Å². The highest BCUT2D eigenvalue weighted by molar-refractivity contribution is 5.82. The summed E-state index contributed by atoms with van der Waals surface area (Å²) in [5.74, 6) is 0.668. The van der Waals surface area contributed by atoms with Gasteiger partial charge in [0.15, 0.2) is 0 Å². The molecule has 1 unspecified atom stereocenters. The monoisotopic (exact) mass is 281 g/mol. The second-order valence-electron chi connectivity index (χ2n) is 7.16. The summed E-state index contributed by atoms with van der Waals surface area (Å²) in [4.78, 5) is 27.9. The van der Waals surface area contributed by atoms with E-state index < -0.39 is 0 Å². The van der Waals surface area contributed by atoms with E-state index in [9.17, 15) is 9.59 Å². The van der Waals surface area contributed by atoms with Crippen molar-refractivity contribution in [1.29, 1.82) is 0 Å². The molecule has 0 aromatic rings. The minimum Gasteiger partial charge on any atom is -0.339 e. The van der Waals surface area contributed by atoms with Crippen molar-refractivity contribution in [1.82, 2.24) is 9.80 Å². The van der Waals surface area contributed by atoms with Crippen LogP contribution in [0.25, 0.3) is 0 Å². The van der Waals surface area contributed by atoms with Crippen LogP contribution in [0, 0.1) is 11.3 Å². The number of carbonyl (C=O) groups is 2. The van der Waals surface area contributed by atoms with Gasteiger partial charge in [0.25, 0.3) is 0 Å². The number of amides is 2. The minimum atomic E-state index is -0.124. The molecule has 5 nitrogen and oxygen atoms in total. The lowest BCUT2D eigenvalue weighted by Gasteiger charge is -2.36. The molecule has 0 spiro atoms. The third kappa shape index (κ3) is 3.72. The van der Waals surface area contributed by atoms with Gasteiger partial charge in [-0.15, -0.1) is 0 Å². The van der Waals surface area contributed by atoms with Gasteiger partial charge in [-0.3, -0.25) is 9.59 Å². The van der Waals surface area contributed by atoms with Crippen LogP contribution in [0.2, 0.25) is 0 Å². The first-order valence-electron chi connectivity index (χ1n) is 7.61. The molecule has 2 amide bonds. The summed E-state index contributed by atoms with van der Waals surface area (Å²) >= 11 is 0. The van der Waals surface area contributed by atoms with Crippen molar-refractivity contribution < 1.29 is 9.59 Å². The van der Waals surface area contributed by atoms with Gasteiger partial charge in [-0.25, -0.2) is 0 Å². The Morgan fingerprint density at radius 3 is 2.05 bits per heavy atom. The Hall–Kier alpha value is -1.10. The van der Waals surface area contributed by atoms with Gasteiger partial charge < -0.3 is 15.5 Å². The zero-order chi connectivity index (χ0) is 14.9. The quantitative estimate of drug-likeness (QED) is 0.833. The highest BCUT2D eigenvalue weighted by Crippen LogP contribution is 2.31. The molecule has 0 radical (unpaired) electrons. The third-order valence-corrected chi connectivity index (χ3v) is 4.38. The zero-order valence-electron chi connectivity index (χ0n) is 12.9. The van der Waals surface area contributed by atoms with Crippen molar-refractivity contribution in [3.05, 3.63) is 0 Å². The van der Waals surface area contributed by atoms with Crippen molar-refractivity contribution in [2.75, 3.05) is 26.2 Å². The number of piperazine rings is 1. The highest BCUT2D eigenvalue weighted by atomic mass is 16.2. The fourth-order valence-corrected chi connectivity index (χ4v) is 2.39. The number of rotatable bonds is 3. The molecule has 1 atom stereocenters. The van der Waals surface area contributed by atoms with E-state index in [0.29, 0.717) is 32.6 Å². The van der Waals surface area contributed by atoms with E-state index in [4.69, 9.17) is 5.73 Å². The largest absolute Gasteiger partial charge is 0.339 e. The molecule has 1 heterocycles. The van der Waals surface area contributed by atoms with E-state index in [0.717, 1.165) is 12.8 Å². The Balaban J connectivity index is 1.78. The van der Waals surface area contributed by atoms with Crippen molar-refractivity contribution in [2.24, 2.45) is 17.1 Å². The lowest BCUT2D eigenvalue weighted by molar-refractivity contribution is -0.140. The second kappa shape index (κ2) is 5.72. The predicted molar refractivity (Wildman–Crippen MR) is 77.9 cm³/mol. The number of nitrogens with two attached hydrogens (primary N) is 1. The molecular formula is C15H27N3O2. The molecule has 2 N–H and O–H groups in total. The molecule has 5 heteroatoms. The van der Waals surface area contributed by atoms with Crippen LogP contribution in [0.3, 0.4) is 0 Å². The Kier molecular flexibility index (Phi) is 4.37. The SMILES string of the molecule is CC(C)(C)C(N)CC(=O)N1CCN(C(=O)C2CC2)CC1. The maximum Gasteiger partial charge on any atom is 0.225 e. The molecule has 0 aromatic carbocycles. The van der Waals surface area contributed by atoms with Crippen LogP contribution in [0.15, 0.2) is 0 Å². The van der Waals surface area contributed by atoms with Crippen molar-refractivity contribution >= 4 is 11.8 Å². The Labute approximate surface area is 121 Å². The van der Waals surface area contributed by atoms with Crippen LogP contribution in [0.5, 0.6) is 0 Å². The normalized spacial score (nSPS) is 21.8. The van der Waals surface area contributed by atoms with Crippen LogP contribution in [-0.2, 0) is 9.59 Å². The average molecular weight is 281 g/mol. The standard InChI is InChI=1S/C15H27N3O2/c1-15(2,3)12(16)10-13(19)17-6-8-18(9-7-17)14(20)11-4-5-11/h11-12H,4-10,16H2,1-3H3. The Morgan fingerprint density at radius 1 is 1.10 bits per heavy atom. The molecule has 0 bridgehead atoms. The third-order valence-electron chi connectivity index (χ3n) is 4.38. The molecule has 0 aromatic heterocycles. The Morgan fingerprint density at radius 2 is 1.60 bits per heavy atom. The predicted octanol–water partition coefficient (Wildman–Crippen LogP) is 0.831. The smallest absolute Gasteiger partial charge is 0.225 e. The molecular weight excluding hydrogens is 254 g/mol. The summed E-state index contributed by atoms with van der Waals surface area (Å²) < 4.78 is 0. The van der Waals surface area contributed by atoms with Crippen molar-refractivity contribution in [2.45, 2.75) is 46.1 Å². The van der Waals surface area contributed by atoms with E-state index in [1.807, 2.05) is 9.80 Å². The highest BCUT2D eigenvalue weighted by Gasteiger charge is 2.35.